The lowest BCUT2D eigenvalue weighted by atomic mass is 10.00. The van der Waals surface area contributed by atoms with Crippen LogP contribution in [0.1, 0.15) is 46.0 Å². The largest absolute Gasteiger partial charge is 0.478 e. The van der Waals surface area contributed by atoms with Crippen molar-refractivity contribution in [3.63, 3.8) is 0 Å². The molecule has 0 amide bonds. The normalized spacial score (nSPS) is 23.4. The predicted octanol–water partition coefficient (Wildman–Crippen LogP) is 2.67. The van der Waals surface area contributed by atoms with Crippen molar-refractivity contribution in [1.82, 2.24) is 4.90 Å². The van der Waals surface area contributed by atoms with E-state index in [1.807, 2.05) is 13.0 Å². The van der Waals surface area contributed by atoms with E-state index >= 15 is 0 Å². The summed E-state index contributed by atoms with van der Waals surface area (Å²) >= 11 is 0. The van der Waals surface area contributed by atoms with Crippen LogP contribution < -0.4 is 0 Å². The maximum absolute atomic E-state index is 10.9. The van der Waals surface area contributed by atoms with Crippen molar-refractivity contribution in [3.05, 3.63) is 11.6 Å². The fourth-order valence-corrected chi connectivity index (χ4v) is 2.37. The van der Waals surface area contributed by atoms with E-state index in [1.54, 1.807) is 0 Å². The molecule has 1 aliphatic rings. The van der Waals surface area contributed by atoms with Crippen molar-refractivity contribution in [2.75, 3.05) is 13.1 Å². The summed E-state index contributed by atoms with van der Waals surface area (Å²) in [6.07, 6.45) is 7.49. The van der Waals surface area contributed by atoms with E-state index in [0.717, 1.165) is 13.1 Å². The van der Waals surface area contributed by atoms with E-state index in [1.165, 1.54) is 25.7 Å². The highest BCUT2D eigenvalue weighted by molar-refractivity contribution is 5.86. The molecule has 0 radical (unpaired) electrons. The van der Waals surface area contributed by atoms with Gasteiger partial charge in [0.1, 0.15) is 0 Å². The van der Waals surface area contributed by atoms with E-state index in [2.05, 4.69) is 11.8 Å². The second kappa shape index (κ2) is 6.69. The van der Waals surface area contributed by atoms with Crippen molar-refractivity contribution < 1.29 is 9.90 Å². The Bertz CT molecular complexity index is 261. The number of likely N-dealkylation sites (tertiary alicyclic amines) is 1. The lowest BCUT2D eigenvalue weighted by Gasteiger charge is -2.34. The molecule has 1 fully saturated rings. The van der Waals surface area contributed by atoms with E-state index < -0.39 is 5.97 Å². The highest BCUT2D eigenvalue weighted by Gasteiger charge is 2.19. The molecule has 0 saturated carbocycles. The molecule has 0 bridgehead atoms. The van der Waals surface area contributed by atoms with E-state index in [0.29, 0.717) is 18.0 Å². The van der Waals surface area contributed by atoms with Crippen LogP contribution in [-0.2, 0) is 4.79 Å². The Labute approximate surface area is 98.1 Å². The zero-order valence-electron chi connectivity index (χ0n) is 10.4. The van der Waals surface area contributed by atoms with Gasteiger partial charge in [0.15, 0.2) is 0 Å². The summed E-state index contributed by atoms with van der Waals surface area (Å²) in [6, 6.07) is 0.650. The molecule has 1 unspecified atom stereocenters. The molecule has 0 spiro atoms. The number of carbonyl (C=O) groups is 1. The van der Waals surface area contributed by atoms with Gasteiger partial charge in [0.25, 0.3) is 0 Å². The summed E-state index contributed by atoms with van der Waals surface area (Å²) in [5.41, 5.74) is 0.542. The Morgan fingerprint density at radius 1 is 1.44 bits per heavy atom. The average molecular weight is 225 g/mol. The highest BCUT2D eigenvalue weighted by atomic mass is 16.4. The highest BCUT2D eigenvalue weighted by Crippen LogP contribution is 2.19. The molecule has 1 saturated heterocycles. The Hall–Kier alpha value is -0.830. The van der Waals surface area contributed by atoms with Gasteiger partial charge in [-0.3, -0.25) is 4.90 Å². The molecule has 0 aromatic carbocycles. The number of nitrogens with zero attached hydrogens (tertiary/aromatic N) is 1. The topological polar surface area (TPSA) is 40.5 Å². The number of hydrogen-bond acceptors (Lipinski definition) is 2. The maximum atomic E-state index is 10.9. The van der Waals surface area contributed by atoms with Crippen molar-refractivity contribution in [1.29, 1.82) is 0 Å². The molecular weight excluding hydrogens is 202 g/mol. The Morgan fingerprint density at radius 3 is 2.75 bits per heavy atom. The third-order valence-electron chi connectivity index (χ3n) is 3.45. The monoisotopic (exact) mass is 225 g/mol. The van der Waals surface area contributed by atoms with Crippen LogP contribution >= 0.6 is 0 Å². The van der Waals surface area contributed by atoms with Gasteiger partial charge in [0, 0.05) is 18.2 Å². The molecule has 1 heterocycles. The van der Waals surface area contributed by atoms with Crippen LogP contribution in [0.3, 0.4) is 0 Å². The molecule has 1 rings (SSSR count). The second-order valence-electron chi connectivity index (χ2n) is 4.44. The summed E-state index contributed by atoms with van der Waals surface area (Å²) in [4.78, 5) is 13.3. The summed E-state index contributed by atoms with van der Waals surface area (Å²) in [6.45, 7) is 6.03. The minimum Gasteiger partial charge on any atom is -0.478 e. The van der Waals surface area contributed by atoms with Crippen LogP contribution in [0.4, 0.5) is 0 Å². The second-order valence-corrected chi connectivity index (χ2v) is 4.44. The summed E-state index contributed by atoms with van der Waals surface area (Å²) in [7, 11) is 0. The number of aliphatic carboxylic acids is 1. The third-order valence-corrected chi connectivity index (χ3v) is 3.45. The lowest BCUT2D eigenvalue weighted by Crippen LogP contribution is -2.39. The van der Waals surface area contributed by atoms with E-state index in [-0.39, 0.29) is 0 Å². The molecule has 3 nitrogen and oxygen atoms in total. The first-order valence-electron chi connectivity index (χ1n) is 6.35. The fraction of sp³-hybridized carbons (Fsp3) is 0.769. The molecule has 3 heteroatoms. The standard InChI is InChI=1S/C13H23NO2/c1-3-11(13(15)16)8-10-14-9-6-5-7-12(14)4-2/h8,12H,3-7,9-10H2,1-2H3,(H,15,16). The predicted molar refractivity (Wildman–Crippen MR) is 65.5 cm³/mol. The number of hydrogen-bond donors (Lipinski definition) is 1. The Balaban J connectivity index is 2.54. The molecular formula is C13H23NO2. The van der Waals surface area contributed by atoms with Gasteiger partial charge in [-0.25, -0.2) is 4.79 Å². The zero-order chi connectivity index (χ0) is 12.0. The van der Waals surface area contributed by atoms with Crippen LogP contribution in [0.15, 0.2) is 11.6 Å². The lowest BCUT2D eigenvalue weighted by molar-refractivity contribution is -0.132. The SMILES string of the molecule is CCC(=CCN1CCCCC1CC)C(=O)O. The average Bonchev–Trinajstić information content (AvgIpc) is 2.30. The Kier molecular flexibility index (Phi) is 5.53. The first-order chi connectivity index (χ1) is 7.69. The van der Waals surface area contributed by atoms with E-state index in [4.69, 9.17) is 5.11 Å². The van der Waals surface area contributed by atoms with Crippen LogP contribution in [-0.4, -0.2) is 35.1 Å². The fourth-order valence-electron chi connectivity index (χ4n) is 2.37. The van der Waals surface area contributed by atoms with E-state index in [9.17, 15) is 4.79 Å². The van der Waals surface area contributed by atoms with Crippen LogP contribution in [0.2, 0.25) is 0 Å². The van der Waals surface area contributed by atoms with Crippen LogP contribution in [0.5, 0.6) is 0 Å². The molecule has 1 aliphatic heterocycles. The van der Waals surface area contributed by atoms with Gasteiger partial charge in [0.05, 0.1) is 0 Å². The number of carboxylic acids is 1. The van der Waals surface area contributed by atoms with Gasteiger partial charge >= 0.3 is 5.97 Å². The maximum Gasteiger partial charge on any atom is 0.331 e. The van der Waals surface area contributed by atoms with Crippen LogP contribution in [0.25, 0.3) is 0 Å². The van der Waals surface area contributed by atoms with Gasteiger partial charge in [-0.1, -0.05) is 26.3 Å². The van der Waals surface area contributed by atoms with Gasteiger partial charge in [0.2, 0.25) is 0 Å². The van der Waals surface area contributed by atoms with Crippen molar-refractivity contribution in [2.45, 2.75) is 52.0 Å². The number of rotatable bonds is 5. The summed E-state index contributed by atoms with van der Waals surface area (Å²) in [5.74, 6) is -0.771. The van der Waals surface area contributed by atoms with Gasteiger partial charge in [-0.05, 0) is 32.2 Å². The molecule has 0 aliphatic carbocycles. The molecule has 0 aromatic heterocycles. The van der Waals surface area contributed by atoms with Gasteiger partial charge in [-0.15, -0.1) is 0 Å². The summed E-state index contributed by atoms with van der Waals surface area (Å²) in [5, 5.41) is 8.94. The summed E-state index contributed by atoms with van der Waals surface area (Å²) < 4.78 is 0. The van der Waals surface area contributed by atoms with Gasteiger partial charge < -0.3 is 5.11 Å². The van der Waals surface area contributed by atoms with Gasteiger partial charge in [-0.2, -0.15) is 0 Å². The minimum absolute atomic E-state index is 0.542. The van der Waals surface area contributed by atoms with Crippen molar-refractivity contribution in [2.24, 2.45) is 0 Å². The number of carboxylic acid groups (broad SMARTS) is 1. The smallest absolute Gasteiger partial charge is 0.331 e. The molecule has 16 heavy (non-hydrogen) atoms. The number of piperidine rings is 1. The first-order valence-corrected chi connectivity index (χ1v) is 6.35. The molecule has 1 atom stereocenters. The minimum atomic E-state index is -0.771. The van der Waals surface area contributed by atoms with Crippen molar-refractivity contribution >= 4 is 5.97 Å². The quantitative estimate of drug-likeness (QED) is 0.731. The molecule has 1 N–H and O–H groups in total. The Morgan fingerprint density at radius 2 is 2.19 bits per heavy atom. The third kappa shape index (κ3) is 3.63. The molecule has 0 aromatic rings. The zero-order valence-corrected chi connectivity index (χ0v) is 10.4. The van der Waals surface area contributed by atoms with Crippen LogP contribution in [0, 0.1) is 0 Å². The van der Waals surface area contributed by atoms with Crippen molar-refractivity contribution in [3.8, 4) is 0 Å². The molecule has 92 valence electrons. The first kappa shape index (κ1) is 13.2.